The van der Waals surface area contributed by atoms with Gasteiger partial charge < -0.3 is 18.8 Å². The van der Waals surface area contributed by atoms with E-state index in [0.29, 0.717) is 49.6 Å². The highest BCUT2D eigenvalue weighted by Gasteiger charge is 2.26. The molecule has 1 amide bonds. The standard InChI is InChI=1S/C25H28N2O6S/c1-2-31-23-7-3-4-8-24(23)33-20-13-15-27(16-14-20)25(28)19-9-11-22(12-10-19)34(29,30)26-18-21-6-5-17-32-21/h3-12,17,20,26H,2,13-16,18H2,1H3. The second kappa shape index (κ2) is 10.8. The zero-order chi connectivity index (χ0) is 24.0. The molecule has 0 saturated carbocycles. The van der Waals surface area contributed by atoms with Crippen molar-refractivity contribution in [3.8, 4) is 11.5 Å². The van der Waals surface area contributed by atoms with E-state index in [0.717, 1.165) is 5.75 Å². The maximum Gasteiger partial charge on any atom is 0.253 e. The van der Waals surface area contributed by atoms with Crippen molar-refractivity contribution in [3.05, 3.63) is 78.3 Å². The summed E-state index contributed by atoms with van der Waals surface area (Å²) in [6.07, 6.45) is 2.89. The maximum atomic E-state index is 12.9. The molecule has 34 heavy (non-hydrogen) atoms. The molecule has 9 heteroatoms. The third-order valence-corrected chi connectivity index (χ3v) is 7.02. The molecule has 0 unspecified atom stereocenters. The van der Waals surface area contributed by atoms with Gasteiger partial charge in [0, 0.05) is 31.5 Å². The molecule has 0 spiro atoms. The molecule has 0 aliphatic carbocycles. The van der Waals surface area contributed by atoms with Gasteiger partial charge in [0.2, 0.25) is 10.0 Å². The Morgan fingerprint density at radius 3 is 2.38 bits per heavy atom. The van der Waals surface area contributed by atoms with Gasteiger partial charge in [-0.1, -0.05) is 12.1 Å². The number of carbonyl (C=O) groups excluding carboxylic acids is 1. The number of piperidine rings is 1. The molecule has 0 atom stereocenters. The van der Waals surface area contributed by atoms with Gasteiger partial charge in [-0.3, -0.25) is 4.79 Å². The van der Waals surface area contributed by atoms with E-state index in [-0.39, 0.29) is 23.5 Å². The predicted molar refractivity (Wildman–Crippen MR) is 126 cm³/mol. The van der Waals surface area contributed by atoms with E-state index in [2.05, 4.69) is 4.72 Å². The van der Waals surface area contributed by atoms with E-state index in [9.17, 15) is 13.2 Å². The van der Waals surface area contributed by atoms with Gasteiger partial charge in [0.1, 0.15) is 11.9 Å². The highest BCUT2D eigenvalue weighted by Crippen LogP contribution is 2.29. The van der Waals surface area contributed by atoms with E-state index in [1.807, 2.05) is 31.2 Å². The van der Waals surface area contributed by atoms with Gasteiger partial charge >= 0.3 is 0 Å². The van der Waals surface area contributed by atoms with Gasteiger partial charge in [-0.25, -0.2) is 13.1 Å². The van der Waals surface area contributed by atoms with Crippen LogP contribution < -0.4 is 14.2 Å². The number of amides is 1. The Hall–Kier alpha value is -3.30. The summed E-state index contributed by atoms with van der Waals surface area (Å²) in [6.45, 7) is 3.67. The first-order valence-corrected chi connectivity index (χ1v) is 12.7. The zero-order valence-electron chi connectivity index (χ0n) is 19.0. The number of ether oxygens (including phenoxy) is 2. The lowest BCUT2D eigenvalue weighted by Crippen LogP contribution is -2.41. The van der Waals surface area contributed by atoms with Gasteiger partial charge in [-0.15, -0.1) is 0 Å². The Bertz CT molecular complexity index is 1180. The fraction of sp³-hybridized carbons (Fsp3) is 0.320. The second-order valence-corrected chi connectivity index (χ2v) is 9.68. The van der Waals surface area contributed by atoms with E-state index in [4.69, 9.17) is 13.9 Å². The van der Waals surface area contributed by atoms with Gasteiger partial charge in [0.05, 0.1) is 24.3 Å². The number of carbonyl (C=O) groups is 1. The lowest BCUT2D eigenvalue weighted by atomic mass is 10.1. The summed E-state index contributed by atoms with van der Waals surface area (Å²) in [5.74, 6) is 1.83. The van der Waals surface area contributed by atoms with Crippen LogP contribution in [-0.2, 0) is 16.6 Å². The number of hydrogen-bond donors (Lipinski definition) is 1. The van der Waals surface area contributed by atoms with Crippen LogP contribution in [0, 0.1) is 0 Å². The summed E-state index contributed by atoms with van der Waals surface area (Å²) in [5, 5.41) is 0. The van der Waals surface area contributed by atoms with Crippen molar-refractivity contribution >= 4 is 15.9 Å². The number of hydrogen-bond acceptors (Lipinski definition) is 6. The van der Waals surface area contributed by atoms with Crippen LogP contribution in [0.1, 0.15) is 35.9 Å². The average Bonchev–Trinajstić information content (AvgIpc) is 3.38. The quantitative estimate of drug-likeness (QED) is 0.496. The fourth-order valence-corrected chi connectivity index (χ4v) is 4.79. The first-order chi connectivity index (χ1) is 16.5. The smallest absolute Gasteiger partial charge is 0.253 e. The highest BCUT2D eigenvalue weighted by molar-refractivity contribution is 7.89. The number of likely N-dealkylation sites (tertiary alicyclic amines) is 1. The maximum absolute atomic E-state index is 12.9. The Kier molecular flexibility index (Phi) is 7.54. The summed E-state index contributed by atoms with van der Waals surface area (Å²) in [6, 6.07) is 17.0. The number of furan rings is 1. The molecule has 1 aliphatic heterocycles. The van der Waals surface area contributed by atoms with Crippen LogP contribution in [0.3, 0.4) is 0 Å². The fourth-order valence-electron chi connectivity index (χ4n) is 3.80. The number of nitrogens with one attached hydrogen (secondary N) is 1. The molecule has 1 aromatic heterocycles. The summed E-state index contributed by atoms with van der Waals surface area (Å²) in [5.41, 5.74) is 0.450. The molecule has 2 heterocycles. The number of benzene rings is 2. The lowest BCUT2D eigenvalue weighted by molar-refractivity contribution is 0.0589. The number of nitrogens with zero attached hydrogens (tertiary/aromatic N) is 1. The molecule has 0 bridgehead atoms. The van der Waals surface area contributed by atoms with Gasteiger partial charge in [0.25, 0.3) is 5.91 Å². The van der Waals surface area contributed by atoms with Crippen molar-refractivity contribution in [2.24, 2.45) is 0 Å². The van der Waals surface area contributed by atoms with E-state index < -0.39 is 10.0 Å². The van der Waals surface area contributed by atoms with Crippen LogP contribution >= 0.6 is 0 Å². The Morgan fingerprint density at radius 1 is 1.03 bits per heavy atom. The van der Waals surface area contributed by atoms with Crippen LogP contribution in [0.25, 0.3) is 0 Å². The first kappa shape index (κ1) is 23.8. The van der Waals surface area contributed by atoms with Crippen LogP contribution in [0.5, 0.6) is 11.5 Å². The largest absolute Gasteiger partial charge is 0.490 e. The van der Waals surface area contributed by atoms with Crippen molar-refractivity contribution in [2.75, 3.05) is 19.7 Å². The van der Waals surface area contributed by atoms with Crippen molar-refractivity contribution in [1.82, 2.24) is 9.62 Å². The minimum absolute atomic E-state index is 0.00147. The summed E-state index contributed by atoms with van der Waals surface area (Å²) in [7, 11) is -3.71. The Morgan fingerprint density at radius 2 is 1.74 bits per heavy atom. The highest BCUT2D eigenvalue weighted by atomic mass is 32.2. The SMILES string of the molecule is CCOc1ccccc1OC1CCN(C(=O)c2ccc(S(=O)(=O)NCc3ccco3)cc2)CC1. The second-order valence-electron chi connectivity index (χ2n) is 7.92. The molecule has 1 aliphatic rings. The molecule has 1 N–H and O–H groups in total. The van der Waals surface area contributed by atoms with Crippen molar-refractivity contribution in [3.63, 3.8) is 0 Å². The van der Waals surface area contributed by atoms with Gasteiger partial charge in [-0.2, -0.15) is 0 Å². The van der Waals surface area contributed by atoms with E-state index in [1.54, 1.807) is 29.2 Å². The summed E-state index contributed by atoms with van der Waals surface area (Å²) in [4.78, 5) is 14.8. The molecular weight excluding hydrogens is 456 g/mol. The monoisotopic (exact) mass is 484 g/mol. The molecule has 2 aromatic carbocycles. The Balaban J connectivity index is 1.32. The molecule has 1 saturated heterocycles. The first-order valence-electron chi connectivity index (χ1n) is 11.3. The molecule has 4 rings (SSSR count). The molecule has 3 aromatic rings. The van der Waals surface area contributed by atoms with Crippen LogP contribution in [-0.4, -0.2) is 45.0 Å². The minimum Gasteiger partial charge on any atom is -0.490 e. The molecule has 1 fully saturated rings. The summed E-state index contributed by atoms with van der Waals surface area (Å²) < 4.78 is 44.4. The van der Waals surface area contributed by atoms with Crippen LogP contribution in [0.2, 0.25) is 0 Å². The average molecular weight is 485 g/mol. The van der Waals surface area contributed by atoms with Crippen LogP contribution in [0.4, 0.5) is 0 Å². The molecule has 0 radical (unpaired) electrons. The van der Waals surface area contributed by atoms with Gasteiger partial charge in [0.15, 0.2) is 11.5 Å². The molecular formula is C25H28N2O6S. The number of rotatable bonds is 9. The van der Waals surface area contributed by atoms with Crippen molar-refractivity contribution in [2.45, 2.75) is 37.3 Å². The zero-order valence-corrected chi connectivity index (χ0v) is 19.8. The molecule has 180 valence electrons. The topological polar surface area (TPSA) is 98.1 Å². The van der Waals surface area contributed by atoms with E-state index in [1.165, 1.54) is 18.4 Å². The molecule has 8 nitrogen and oxygen atoms in total. The van der Waals surface area contributed by atoms with Crippen molar-refractivity contribution in [1.29, 1.82) is 0 Å². The normalized spacial score (nSPS) is 14.7. The number of para-hydroxylation sites is 2. The number of sulfonamides is 1. The van der Waals surface area contributed by atoms with Crippen molar-refractivity contribution < 1.29 is 27.1 Å². The van der Waals surface area contributed by atoms with Gasteiger partial charge in [-0.05, 0) is 55.5 Å². The lowest BCUT2D eigenvalue weighted by Gasteiger charge is -2.32. The van der Waals surface area contributed by atoms with E-state index >= 15 is 0 Å². The van der Waals surface area contributed by atoms with Crippen LogP contribution in [0.15, 0.2) is 76.2 Å². The minimum atomic E-state index is -3.71. The third-order valence-electron chi connectivity index (χ3n) is 5.60. The summed E-state index contributed by atoms with van der Waals surface area (Å²) >= 11 is 0. The Labute approximate surface area is 199 Å². The third kappa shape index (κ3) is 5.78. The predicted octanol–water partition coefficient (Wildman–Crippen LogP) is 3.84.